The van der Waals surface area contributed by atoms with E-state index in [2.05, 4.69) is 0 Å². The Bertz CT molecular complexity index is 107. The molecule has 0 aliphatic heterocycles. The molecule has 2 unspecified atom stereocenters. The van der Waals surface area contributed by atoms with Crippen molar-refractivity contribution in [3.05, 3.63) is 0 Å². The van der Waals surface area contributed by atoms with Gasteiger partial charge in [0.2, 0.25) is 0 Å². The van der Waals surface area contributed by atoms with Crippen LogP contribution in [0.4, 0.5) is 4.39 Å². The summed E-state index contributed by atoms with van der Waals surface area (Å²) < 4.78 is 30.0. The first kappa shape index (κ1) is 13.6. The van der Waals surface area contributed by atoms with Gasteiger partial charge in [0.15, 0.2) is 16.6 Å². The third-order valence-electron chi connectivity index (χ3n) is 0.808. The van der Waals surface area contributed by atoms with Gasteiger partial charge in [0.1, 0.15) is 0 Å². The van der Waals surface area contributed by atoms with Crippen molar-refractivity contribution in [2.75, 3.05) is 6.61 Å². The van der Waals surface area contributed by atoms with Crippen molar-refractivity contribution >= 4 is 11.1 Å². The van der Waals surface area contributed by atoms with Gasteiger partial charge in [-0.1, -0.05) is 0 Å². The van der Waals surface area contributed by atoms with Crippen LogP contribution in [0.15, 0.2) is 0 Å². The van der Waals surface area contributed by atoms with E-state index < -0.39 is 16.6 Å². The minimum atomic E-state index is -2.39. The molecule has 0 spiro atoms. The van der Waals surface area contributed by atoms with Crippen LogP contribution in [0, 0.1) is 0 Å². The fourth-order valence-corrected chi connectivity index (χ4v) is 0.721. The number of alkyl halides is 1. The zero-order valence-corrected chi connectivity index (χ0v) is 8.60. The maximum absolute atomic E-state index is 12.1. The normalized spacial score (nSPS) is 15.5. The summed E-state index contributed by atoms with van der Waals surface area (Å²) in [4.78, 5) is 0. The molecule has 0 radical (unpaired) electrons. The van der Waals surface area contributed by atoms with Gasteiger partial charge in [-0.15, -0.1) is 0 Å². The monoisotopic (exact) mass is 180 g/mol. The van der Waals surface area contributed by atoms with E-state index in [-0.39, 0.29) is 50.4 Å². The summed E-state index contributed by atoms with van der Waals surface area (Å²) in [6, 6.07) is 0. The SMILES string of the molecule is O=S(O)C(F)CCCO.[H-].[Na+]. The Morgan fingerprint density at radius 2 is 2.20 bits per heavy atom. The Kier molecular flexibility index (Phi) is 11.0. The van der Waals surface area contributed by atoms with Crippen molar-refractivity contribution in [3.8, 4) is 0 Å². The van der Waals surface area contributed by atoms with Crippen LogP contribution < -0.4 is 29.6 Å². The Labute approximate surface area is 85.1 Å². The van der Waals surface area contributed by atoms with Gasteiger partial charge in [0, 0.05) is 6.61 Å². The quantitative estimate of drug-likeness (QED) is 0.368. The van der Waals surface area contributed by atoms with E-state index >= 15 is 0 Å². The number of rotatable bonds is 4. The predicted octanol–water partition coefficient (Wildman–Crippen LogP) is -2.61. The number of aliphatic hydroxyl groups excluding tert-OH is 1. The Morgan fingerprint density at radius 1 is 1.70 bits per heavy atom. The van der Waals surface area contributed by atoms with Crippen molar-refractivity contribution < 1.29 is 49.2 Å². The van der Waals surface area contributed by atoms with Crippen LogP contribution in [0.1, 0.15) is 14.3 Å². The van der Waals surface area contributed by atoms with Crippen molar-refractivity contribution in [1.29, 1.82) is 0 Å². The second-order valence-corrected chi connectivity index (χ2v) is 2.62. The smallest absolute Gasteiger partial charge is 1.00 e. The van der Waals surface area contributed by atoms with E-state index in [1.807, 2.05) is 0 Å². The van der Waals surface area contributed by atoms with Crippen LogP contribution in [0.2, 0.25) is 0 Å². The van der Waals surface area contributed by atoms with Gasteiger partial charge < -0.3 is 11.1 Å². The summed E-state index contributed by atoms with van der Waals surface area (Å²) in [7, 11) is 0. The molecule has 0 saturated carbocycles. The van der Waals surface area contributed by atoms with Gasteiger partial charge in [-0.2, -0.15) is 0 Å². The number of halogens is 1. The molecule has 3 nitrogen and oxygen atoms in total. The molecule has 6 heteroatoms. The zero-order valence-electron chi connectivity index (χ0n) is 6.79. The molecule has 0 rings (SSSR count). The average Bonchev–Trinajstić information content (AvgIpc) is 1.82. The summed E-state index contributed by atoms with van der Waals surface area (Å²) in [6.45, 7) is -0.141. The minimum absolute atomic E-state index is 0. The van der Waals surface area contributed by atoms with Crippen LogP contribution in [0.5, 0.6) is 0 Å². The molecule has 58 valence electrons. The molecule has 0 saturated heterocycles. The molecule has 0 aliphatic carbocycles. The van der Waals surface area contributed by atoms with Gasteiger partial charge >= 0.3 is 29.6 Å². The van der Waals surface area contributed by atoms with Crippen LogP contribution in [-0.4, -0.2) is 26.0 Å². The van der Waals surface area contributed by atoms with E-state index in [4.69, 9.17) is 9.66 Å². The fraction of sp³-hybridized carbons (Fsp3) is 1.00. The van der Waals surface area contributed by atoms with Crippen molar-refractivity contribution in [2.24, 2.45) is 0 Å². The molecule has 0 aliphatic rings. The second kappa shape index (κ2) is 8.10. The fourth-order valence-electron chi connectivity index (χ4n) is 0.353. The summed E-state index contributed by atoms with van der Waals surface area (Å²) >= 11 is -2.39. The van der Waals surface area contributed by atoms with E-state index in [1.165, 1.54) is 0 Å². The molecule has 2 atom stereocenters. The van der Waals surface area contributed by atoms with Crippen molar-refractivity contribution in [3.63, 3.8) is 0 Å². The predicted molar refractivity (Wildman–Crippen MR) is 33.1 cm³/mol. The second-order valence-electron chi connectivity index (χ2n) is 1.55. The van der Waals surface area contributed by atoms with E-state index in [1.54, 1.807) is 0 Å². The molecule has 0 fully saturated rings. The molecule has 0 aromatic carbocycles. The Balaban J connectivity index is -0.000000320. The molecule has 10 heavy (non-hydrogen) atoms. The van der Waals surface area contributed by atoms with Gasteiger partial charge in [0.05, 0.1) is 0 Å². The van der Waals surface area contributed by atoms with Crippen molar-refractivity contribution in [2.45, 2.75) is 18.3 Å². The van der Waals surface area contributed by atoms with E-state index in [0.29, 0.717) is 0 Å². The van der Waals surface area contributed by atoms with Crippen LogP contribution in [-0.2, 0) is 11.1 Å². The van der Waals surface area contributed by atoms with Crippen molar-refractivity contribution in [1.82, 2.24) is 0 Å². The standard InChI is InChI=1S/C4H9FO3S.Na.H/c5-4(9(7)8)2-1-3-6;;/h4,6H,1-3H2,(H,7,8);;/q;+1;-1. The first-order valence-corrected chi connectivity index (χ1v) is 3.70. The molecular weight excluding hydrogens is 170 g/mol. The summed E-state index contributed by atoms with van der Waals surface area (Å²) in [6.07, 6.45) is 0.174. The number of aliphatic hydroxyl groups is 1. The molecule has 0 bridgehead atoms. The van der Waals surface area contributed by atoms with Gasteiger partial charge in [-0.3, -0.25) is 0 Å². The number of hydrogen-bond donors (Lipinski definition) is 2. The summed E-state index contributed by atoms with van der Waals surface area (Å²) in [5, 5.41) is 8.15. The van der Waals surface area contributed by atoms with Crippen LogP contribution >= 0.6 is 0 Å². The van der Waals surface area contributed by atoms with Gasteiger partial charge in [-0.25, -0.2) is 8.60 Å². The Morgan fingerprint density at radius 3 is 2.50 bits per heavy atom. The minimum Gasteiger partial charge on any atom is -1.00 e. The molecule has 0 heterocycles. The van der Waals surface area contributed by atoms with Gasteiger partial charge in [-0.05, 0) is 12.8 Å². The maximum atomic E-state index is 12.1. The topological polar surface area (TPSA) is 57.5 Å². The van der Waals surface area contributed by atoms with E-state index in [0.717, 1.165) is 0 Å². The van der Waals surface area contributed by atoms with Gasteiger partial charge in [0.25, 0.3) is 0 Å². The molecule has 2 N–H and O–H groups in total. The number of hydrogen-bond acceptors (Lipinski definition) is 2. The van der Waals surface area contributed by atoms with Crippen LogP contribution in [0.25, 0.3) is 0 Å². The average molecular weight is 180 g/mol. The maximum Gasteiger partial charge on any atom is 1.00 e. The van der Waals surface area contributed by atoms with E-state index in [9.17, 15) is 8.60 Å². The first-order valence-electron chi connectivity index (χ1n) is 2.53. The molecule has 0 amide bonds. The third kappa shape index (κ3) is 7.11. The molecule has 0 aromatic heterocycles. The summed E-state index contributed by atoms with van der Waals surface area (Å²) in [5.74, 6) is 0. The van der Waals surface area contributed by atoms with Crippen LogP contribution in [0.3, 0.4) is 0 Å². The summed E-state index contributed by atoms with van der Waals surface area (Å²) in [5.41, 5.74) is -1.71. The zero-order chi connectivity index (χ0) is 7.28. The first-order chi connectivity index (χ1) is 4.18. The molecule has 0 aromatic rings. The third-order valence-corrected chi connectivity index (χ3v) is 1.48. The largest absolute Gasteiger partial charge is 1.00 e. The molecular formula is C4H10FNaO3S. The Hall–Kier alpha value is 1.00.